The molecule has 1 fully saturated rings. The molecule has 3 atom stereocenters. The Kier molecular flexibility index (Phi) is 5.70. The lowest BCUT2D eigenvalue weighted by atomic mass is 9.97. The molecular formula is C20H27N3O2S. The highest BCUT2D eigenvalue weighted by Crippen LogP contribution is 2.30. The van der Waals surface area contributed by atoms with Gasteiger partial charge < -0.3 is 9.32 Å². The predicted octanol–water partition coefficient (Wildman–Crippen LogP) is 4.62. The number of hydrogen-bond donors (Lipinski definition) is 0. The molecule has 1 amide bonds. The zero-order valence-corrected chi connectivity index (χ0v) is 17.0. The Bertz CT molecular complexity index is 759. The van der Waals surface area contributed by atoms with E-state index in [1.165, 1.54) is 18.2 Å². The SMILES string of the molecule is Cc1cc(C)cc(-c2nnc(S[C@@H](C)C(=O)N3[C@@H](C)CCC[C@@H]3C)o2)c1. The fraction of sp³-hybridized carbons (Fsp3) is 0.550. The van der Waals surface area contributed by atoms with Gasteiger partial charge in [0, 0.05) is 17.6 Å². The van der Waals surface area contributed by atoms with E-state index in [0.717, 1.165) is 29.5 Å². The van der Waals surface area contributed by atoms with Crippen LogP contribution in [0.2, 0.25) is 0 Å². The third-order valence-electron chi connectivity index (χ3n) is 4.95. The van der Waals surface area contributed by atoms with Gasteiger partial charge in [-0.3, -0.25) is 4.79 Å². The van der Waals surface area contributed by atoms with Gasteiger partial charge in [-0.15, -0.1) is 10.2 Å². The molecule has 0 radical (unpaired) electrons. The Morgan fingerprint density at radius 1 is 1.15 bits per heavy atom. The molecule has 0 bridgehead atoms. The molecular weight excluding hydrogens is 346 g/mol. The van der Waals surface area contributed by atoms with Crippen LogP contribution in [0.4, 0.5) is 0 Å². The number of hydrogen-bond acceptors (Lipinski definition) is 5. The van der Waals surface area contributed by atoms with Crippen LogP contribution in [0.5, 0.6) is 0 Å². The van der Waals surface area contributed by atoms with Crippen molar-refractivity contribution in [2.45, 2.75) is 76.4 Å². The summed E-state index contributed by atoms with van der Waals surface area (Å²) in [6, 6.07) is 6.75. The first kappa shape index (κ1) is 19.0. The topological polar surface area (TPSA) is 59.2 Å². The molecule has 1 aromatic carbocycles. The Labute approximate surface area is 159 Å². The molecule has 0 saturated carbocycles. The van der Waals surface area contributed by atoms with E-state index in [9.17, 15) is 4.79 Å². The number of carbonyl (C=O) groups is 1. The summed E-state index contributed by atoms with van der Waals surface area (Å²) in [6.07, 6.45) is 3.34. The Hall–Kier alpha value is -1.82. The van der Waals surface area contributed by atoms with Gasteiger partial charge in [-0.25, -0.2) is 0 Å². The summed E-state index contributed by atoms with van der Waals surface area (Å²) >= 11 is 1.34. The summed E-state index contributed by atoms with van der Waals surface area (Å²) in [5.41, 5.74) is 3.23. The maximum atomic E-state index is 12.9. The minimum absolute atomic E-state index is 0.154. The molecule has 2 aromatic rings. The number of rotatable bonds is 4. The van der Waals surface area contributed by atoms with Crippen LogP contribution in [0.15, 0.2) is 27.8 Å². The summed E-state index contributed by atoms with van der Waals surface area (Å²) in [4.78, 5) is 14.9. The third-order valence-corrected chi connectivity index (χ3v) is 5.87. The minimum Gasteiger partial charge on any atom is -0.411 e. The van der Waals surface area contributed by atoms with Crippen LogP contribution >= 0.6 is 11.8 Å². The quantitative estimate of drug-likeness (QED) is 0.732. The van der Waals surface area contributed by atoms with Gasteiger partial charge in [-0.05, 0) is 66.0 Å². The van der Waals surface area contributed by atoms with Gasteiger partial charge in [0.1, 0.15) is 0 Å². The van der Waals surface area contributed by atoms with Crippen molar-refractivity contribution in [2.75, 3.05) is 0 Å². The average molecular weight is 374 g/mol. The second-order valence-electron chi connectivity index (χ2n) is 7.38. The summed E-state index contributed by atoms with van der Waals surface area (Å²) in [6.45, 7) is 10.3. The number of thioether (sulfide) groups is 1. The zero-order chi connectivity index (χ0) is 18.8. The molecule has 26 heavy (non-hydrogen) atoms. The predicted molar refractivity (Wildman–Crippen MR) is 104 cm³/mol. The molecule has 1 saturated heterocycles. The molecule has 5 nitrogen and oxygen atoms in total. The summed E-state index contributed by atoms with van der Waals surface area (Å²) in [7, 11) is 0. The summed E-state index contributed by atoms with van der Waals surface area (Å²) in [5.74, 6) is 0.652. The third kappa shape index (κ3) is 4.11. The maximum absolute atomic E-state index is 12.9. The fourth-order valence-corrected chi connectivity index (χ4v) is 4.48. The lowest BCUT2D eigenvalue weighted by molar-refractivity contribution is -0.136. The summed E-state index contributed by atoms with van der Waals surface area (Å²) < 4.78 is 5.81. The molecule has 6 heteroatoms. The van der Waals surface area contributed by atoms with Gasteiger partial charge in [-0.1, -0.05) is 29.0 Å². The molecule has 1 aromatic heterocycles. The van der Waals surface area contributed by atoms with Gasteiger partial charge in [0.25, 0.3) is 5.22 Å². The fourth-order valence-electron chi connectivity index (χ4n) is 3.74. The van der Waals surface area contributed by atoms with Crippen LogP contribution < -0.4 is 0 Å². The second kappa shape index (κ2) is 7.82. The van der Waals surface area contributed by atoms with Gasteiger partial charge in [-0.2, -0.15) is 0 Å². The first-order valence-electron chi connectivity index (χ1n) is 9.26. The second-order valence-corrected chi connectivity index (χ2v) is 8.68. The molecule has 2 heterocycles. The molecule has 0 unspecified atom stereocenters. The minimum atomic E-state index is -0.245. The van der Waals surface area contributed by atoms with E-state index in [0.29, 0.717) is 23.2 Å². The number of likely N-dealkylation sites (tertiary alicyclic amines) is 1. The van der Waals surface area contributed by atoms with E-state index in [1.807, 2.05) is 37.8 Å². The molecule has 0 aliphatic carbocycles. The van der Waals surface area contributed by atoms with Crippen LogP contribution in [-0.2, 0) is 4.79 Å². The average Bonchev–Trinajstić information content (AvgIpc) is 3.02. The van der Waals surface area contributed by atoms with Crippen molar-refractivity contribution in [2.24, 2.45) is 0 Å². The highest BCUT2D eigenvalue weighted by atomic mass is 32.2. The van der Waals surface area contributed by atoms with Crippen molar-refractivity contribution in [3.05, 3.63) is 29.3 Å². The van der Waals surface area contributed by atoms with Crippen molar-refractivity contribution >= 4 is 17.7 Å². The van der Waals surface area contributed by atoms with Crippen LogP contribution in [0, 0.1) is 13.8 Å². The highest BCUT2D eigenvalue weighted by Gasteiger charge is 2.32. The van der Waals surface area contributed by atoms with Crippen LogP contribution in [0.1, 0.15) is 51.2 Å². The van der Waals surface area contributed by atoms with Crippen molar-refractivity contribution in [1.29, 1.82) is 0 Å². The molecule has 1 aliphatic rings. The lowest BCUT2D eigenvalue weighted by Crippen LogP contribution is -2.50. The molecule has 0 spiro atoms. The molecule has 3 rings (SSSR count). The highest BCUT2D eigenvalue weighted by molar-refractivity contribution is 8.00. The smallest absolute Gasteiger partial charge is 0.277 e. The van der Waals surface area contributed by atoms with Gasteiger partial charge in [0.05, 0.1) is 5.25 Å². The molecule has 1 aliphatic heterocycles. The molecule has 140 valence electrons. The van der Waals surface area contributed by atoms with Crippen LogP contribution in [-0.4, -0.2) is 38.3 Å². The monoisotopic (exact) mass is 373 g/mol. The van der Waals surface area contributed by atoms with Crippen molar-refractivity contribution < 1.29 is 9.21 Å². The number of benzene rings is 1. The number of aryl methyl sites for hydroxylation is 2. The Morgan fingerprint density at radius 2 is 1.77 bits per heavy atom. The first-order chi connectivity index (χ1) is 12.3. The maximum Gasteiger partial charge on any atom is 0.277 e. The normalized spacial score (nSPS) is 21.7. The number of aromatic nitrogens is 2. The number of piperidine rings is 1. The van der Waals surface area contributed by atoms with Crippen molar-refractivity contribution in [1.82, 2.24) is 15.1 Å². The number of carbonyl (C=O) groups excluding carboxylic acids is 1. The van der Waals surface area contributed by atoms with Crippen LogP contribution in [0.3, 0.4) is 0 Å². The van der Waals surface area contributed by atoms with Gasteiger partial charge >= 0.3 is 0 Å². The van der Waals surface area contributed by atoms with E-state index in [2.05, 4.69) is 30.1 Å². The van der Waals surface area contributed by atoms with E-state index >= 15 is 0 Å². The van der Waals surface area contributed by atoms with Gasteiger partial charge in [0.2, 0.25) is 11.8 Å². The summed E-state index contributed by atoms with van der Waals surface area (Å²) in [5, 5.41) is 8.49. The Morgan fingerprint density at radius 3 is 2.38 bits per heavy atom. The zero-order valence-electron chi connectivity index (χ0n) is 16.2. The molecule has 0 N–H and O–H groups in total. The standard InChI is InChI=1S/C20H27N3O2S/c1-12-9-13(2)11-17(10-12)18-21-22-20(25-18)26-16(5)19(24)23-14(3)7-6-8-15(23)4/h9-11,14-16H,6-8H2,1-5H3/t14-,15-,16-/m0/s1. The van der Waals surface area contributed by atoms with E-state index in [1.54, 1.807) is 0 Å². The van der Waals surface area contributed by atoms with Crippen LogP contribution in [0.25, 0.3) is 11.5 Å². The Balaban J connectivity index is 1.71. The van der Waals surface area contributed by atoms with E-state index < -0.39 is 0 Å². The number of nitrogens with zero attached hydrogens (tertiary/aromatic N) is 3. The number of amides is 1. The van der Waals surface area contributed by atoms with Crippen molar-refractivity contribution in [3.63, 3.8) is 0 Å². The lowest BCUT2D eigenvalue weighted by Gasteiger charge is -2.40. The van der Waals surface area contributed by atoms with E-state index in [-0.39, 0.29) is 11.2 Å². The first-order valence-corrected chi connectivity index (χ1v) is 10.1. The largest absolute Gasteiger partial charge is 0.411 e. The van der Waals surface area contributed by atoms with Crippen molar-refractivity contribution in [3.8, 4) is 11.5 Å². The van der Waals surface area contributed by atoms with E-state index in [4.69, 9.17) is 4.42 Å². The van der Waals surface area contributed by atoms with Gasteiger partial charge in [0.15, 0.2) is 0 Å².